The van der Waals surface area contributed by atoms with Gasteiger partial charge in [-0.05, 0) is 59.3 Å². The molecule has 0 amide bonds. The van der Waals surface area contributed by atoms with Gasteiger partial charge in [-0.3, -0.25) is 0 Å². The third kappa shape index (κ3) is 4.33. The molecule has 0 heterocycles. The van der Waals surface area contributed by atoms with Gasteiger partial charge in [-0.2, -0.15) is 0 Å². The molecule has 4 nitrogen and oxygen atoms in total. The molecule has 2 rings (SSSR count). The van der Waals surface area contributed by atoms with Gasteiger partial charge in [-0.25, -0.2) is 4.39 Å². The molecule has 0 aliphatic heterocycles. The van der Waals surface area contributed by atoms with E-state index in [2.05, 4.69) is 27.7 Å². The van der Waals surface area contributed by atoms with E-state index in [1.54, 1.807) is 18.2 Å². The van der Waals surface area contributed by atoms with Crippen LogP contribution >= 0.6 is 22.6 Å². The van der Waals surface area contributed by atoms with Crippen LogP contribution in [0.4, 0.5) is 4.39 Å². The highest BCUT2D eigenvalue weighted by molar-refractivity contribution is 14.1. The number of ether oxygens (including phenoxy) is 2. The molecule has 1 N–H and O–H groups in total. The van der Waals surface area contributed by atoms with Crippen molar-refractivity contribution in [1.82, 2.24) is 0 Å². The van der Waals surface area contributed by atoms with Gasteiger partial charge in [0.25, 0.3) is 0 Å². The van der Waals surface area contributed by atoms with Gasteiger partial charge >= 0.3 is 0 Å². The van der Waals surface area contributed by atoms with E-state index in [9.17, 15) is 4.39 Å². The van der Waals surface area contributed by atoms with Crippen molar-refractivity contribution in [3.63, 3.8) is 0 Å². The number of nitrogens with zero attached hydrogens (tertiary/aromatic N) is 1. The van der Waals surface area contributed by atoms with Crippen molar-refractivity contribution >= 4 is 28.8 Å². The monoisotopic (exact) mass is 415 g/mol. The number of hydrogen-bond donors (Lipinski definition) is 1. The maximum Gasteiger partial charge on any atom is 0.175 e. The van der Waals surface area contributed by atoms with Crippen molar-refractivity contribution in [1.29, 1.82) is 0 Å². The Morgan fingerprint density at radius 2 is 2.09 bits per heavy atom. The molecular formula is C16H15FINO3. The van der Waals surface area contributed by atoms with Crippen molar-refractivity contribution in [2.24, 2.45) is 5.16 Å². The lowest BCUT2D eigenvalue weighted by molar-refractivity contribution is 0.267. The molecule has 0 saturated heterocycles. The fraction of sp³-hybridized carbons (Fsp3) is 0.188. The highest BCUT2D eigenvalue weighted by atomic mass is 127. The first kappa shape index (κ1) is 16.5. The first-order valence-electron chi connectivity index (χ1n) is 6.65. The first-order valence-corrected chi connectivity index (χ1v) is 7.73. The van der Waals surface area contributed by atoms with Crippen LogP contribution in [0.2, 0.25) is 0 Å². The number of oxime groups is 1. The minimum absolute atomic E-state index is 0.237. The van der Waals surface area contributed by atoms with E-state index in [0.717, 1.165) is 9.13 Å². The maximum atomic E-state index is 13.2. The van der Waals surface area contributed by atoms with Crippen LogP contribution < -0.4 is 9.47 Å². The van der Waals surface area contributed by atoms with Crippen LogP contribution in [-0.2, 0) is 6.61 Å². The zero-order valence-electron chi connectivity index (χ0n) is 11.9. The molecule has 0 saturated carbocycles. The molecule has 0 unspecified atom stereocenters. The average molecular weight is 415 g/mol. The Hall–Kier alpha value is -1.83. The molecule has 0 bridgehead atoms. The van der Waals surface area contributed by atoms with Gasteiger partial charge in [0.15, 0.2) is 11.5 Å². The molecule has 0 spiro atoms. The van der Waals surface area contributed by atoms with Gasteiger partial charge in [0.05, 0.1) is 16.4 Å². The lowest BCUT2D eigenvalue weighted by Gasteiger charge is -2.14. The molecule has 6 heteroatoms. The Bertz CT molecular complexity index is 676. The van der Waals surface area contributed by atoms with Gasteiger partial charge in [-0.1, -0.05) is 17.3 Å². The van der Waals surface area contributed by atoms with Crippen molar-refractivity contribution in [3.8, 4) is 11.5 Å². The fourth-order valence-corrected chi connectivity index (χ4v) is 2.70. The van der Waals surface area contributed by atoms with Gasteiger partial charge in [0.1, 0.15) is 12.4 Å². The zero-order valence-corrected chi connectivity index (χ0v) is 14.1. The highest BCUT2D eigenvalue weighted by Crippen LogP contribution is 2.34. The smallest absolute Gasteiger partial charge is 0.175 e. The van der Waals surface area contributed by atoms with Crippen LogP contribution in [0.15, 0.2) is 41.6 Å². The summed E-state index contributed by atoms with van der Waals surface area (Å²) in [6.45, 7) is 2.59. The largest absolute Gasteiger partial charge is 0.490 e. The second kappa shape index (κ2) is 7.98. The van der Waals surface area contributed by atoms with Crippen molar-refractivity contribution in [3.05, 3.63) is 56.9 Å². The minimum atomic E-state index is -0.296. The SMILES string of the molecule is CCOc1cc(/C=N/O)cc(I)c1OCc1cccc(F)c1. The second-order valence-electron chi connectivity index (χ2n) is 4.43. The predicted molar refractivity (Wildman–Crippen MR) is 90.4 cm³/mol. The number of benzene rings is 2. The molecule has 22 heavy (non-hydrogen) atoms. The standard InChI is InChI=1S/C16H15FINO3/c1-2-21-15-8-12(9-19-20)7-14(18)16(15)22-10-11-4-3-5-13(17)6-11/h3-9,20H,2,10H2,1H3/b19-9+. The summed E-state index contributed by atoms with van der Waals surface area (Å²) >= 11 is 2.12. The molecule has 0 atom stereocenters. The normalized spacial score (nSPS) is 10.9. The lowest BCUT2D eigenvalue weighted by atomic mass is 10.2. The Morgan fingerprint density at radius 1 is 1.27 bits per heavy atom. The van der Waals surface area contributed by atoms with E-state index >= 15 is 0 Å². The summed E-state index contributed by atoms with van der Waals surface area (Å²) in [6, 6.07) is 9.80. The lowest BCUT2D eigenvalue weighted by Crippen LogP contribution is -2.02. The summed E-state index contributed by atoms with van der Waals surface area (Å²) in [7, 11) is 0. The van der Waals surface area contributed by atoms with E-state index in [1.807, 2.05) is 13.0 Å². The summed E-state index contributed by atoms with van der Waals surface area (Å²) in [5.41, 5.74) is 1.44. The van der Waals surface area contributed by atoms with Crippen molar-refractivity contribution in [2.45, 2.75) is 13.5 Å². The summed E-state index contributed by atoms with van der Waals surface area (Å²) in [5, 5.41) is 11.7. The van der Waals surface area contributed by atoms with Crippen LogP contribution in [0.25, 0.3) is 0 Å². The van der Waals surface area contributed by atoms with Crippen LogP contribution in [0.1, 0.15) is 18.1 Å². The van der Waals surface area contributed by atoms with Gasteiger partial charge in [0, 0.05) is 5.56 Å². The minimum Gasteiger partial charge on any atom is -0.490 e. The Kier molecular flexibility index (Phi) is 6.00. The summed E-state index contributed by atoms with van der Waals surface area (Å²) in [4.78, 5) is 0. The number of halogens is 2. The third-order valence-corrected chi connectivity index (χ3v) is 3.61. The molecule has 2 aromatic rings. The number of rotatable bonds is 6. The first-order chi connectivity index (χ1) is 10.6. The topological polar surface area (TPSA) is 51.0 Å². The van der Waals surface area contributed by atoms with E-state index < -0.39 is 0 Å². The van der Waals surface area contributed by atoms with Crippen molar-refractivity contribution in [2.75, 3.05) is 6.61 Å². The van der Waals surface area contributed by atoms with Crippen LogP contribution in [0.3, 0.4) is 0 Å². The molecule has 116 valence electrons. The second-order valence-corrected chi connectivity index (χ2v) is 5.59. The number of hydrogen-bond acceptors (Lipinski definition) is 4. The van der Waals surface area contributed by atoms with Crippen LogP contribution in [0.5, 0.6) is 11.5 Å². The van der Waals surface area contributed by atoms with Gasteiger partial charge in [-0.15, -0.1) is 0 Å². The molecule has 0 fully saturated rings. The molecule has 2 aromatic carbocycles. The predicted octanol–water partition coefficient (Wildman–Crippen LogP) is 4.22. The van der Waals surface area contributed by atoms with E-state index in [4.69, 9.17) is 14.7 Å². The Balaban J connectivity index is 2.25. The van der Waals surface area contributed by atoms with Crippen molar-refractivity contribution < 1.29 is 19.1 Å². The zero-order chi connectivity index (χ0) is 15.9. The van der Waals surface area contributed by atoms with Gasteiger partial charge < -0.3 is 14.7 Å². The molecule has 0 aliphatic carbocycles. The summed E-state index contributed by atoms with van der Waals surface area (Å²) in [5.74, 6) is 0.845. The highest BCUT2D eigenvalue weighted by Gasteiger charge is 2.12. The molecular weight excluding hydrogens is 400 g/mol. The van der Waals surface area contributed by atoms with E-state index in [-0.39, 0.29) is 12.4 Å². The maximum absolute atomic E-state index is 13.2. The average Bonchev–Trinajstić information content (AvgIpc) is 2.47. The van der Waals surface area contributed by atoms with E-state index in [0.29, 0.717) is 23.7 Å². The molecule has 0 aromatic heterocycles. The third-order valence-electron chi connectivity index (χ3n) is 2.81. The molecule has 0 radical (unpaired) electrons. The van der Waals surface area contributed by atoms with Crippen LogP contribution in [-0.4, -0.2) is 18.0 Å². The summed E-state index contributed by atoms with van der Waals surface area (Å²) in [6.07, 6.45) is 1.32. The van der Waals surface area contributed by atoms with Crippen LogP contribution in [0, 0.1) is 9.39 Å². The molecule has 0 aliphatic rings. The van der Waals surface area contributed by atoms with Gasteiger partial charge in [0.2, 0.25) is 0 Å². The quantitative estimate of drug-likeness (QED) is 0.333. The Labute approximate surface area is 141 Å². The fourth-order valence-electron chi connectivity index (χ4n) is 1.91. The van der Waals surface area contributed by atoms with E-state index in [1.165, 1.54) is 18.3 Å². The Morgan fingerprint density at radius 3 is 2.77 bits per heavy atom. The summed E-state index contributed by atoms with van der Waals surface area (Å²) < 4.78 is 25.4.